The van der Waals surface area contributed by atoms with Crippen molar-refractivity contribution in [3.8, 4) is 0 Å². The Bertz CT molecular complexity index is 847. The number of carbonyl (C=O) groups is 2. The van der Waals surface area contributed by atoms with Crippen LogP contribution in [-0.4, -0.2) is 31.6 Å². The number of rotatable bonds is 3. The Morgan fingerprint density at radius 1 is 0.870 bits per heavy atom. The summed E-state index contributed by atoms with van der Waals surface area (Å²) in [4.78, 5) is 26.1. The molecule has 118 valence electrons. The molecule has 6 heteroatoms. The second kappa shape index (κ2) is 5.62. The molecule has 0 bridgehead atoms. The van der Waals surface area contributed by atoms with Crippen LogP contribution in [0, 0.1) is 0 Å². The molecular weight excluding hydrogens is 314 g/mol. The number of ketones is 1. The summed E-state index contributed by atoms with van der Waals surface area (Å²) in [6, 6.07) is 16.5. The van der Waals surface area contributed by atoms with Gasteiger partial charge >= 0.3 is 0 Å². The summed E-state index contributed by atoms with van der Waals surface area (Å²) in [5.41, 5.74) is 1.12. The first-order valence-electron chi connectivity index (χ1n) is 7.07. The molecule has 1 fully saturated rings. The Morgan fingerprint density at radius 2 is 1.39 bits per heavy atom. The molecule has 1 aliphatic rings. The van der Waals surface area contributed by atoms with Crippen molar-refractivity contribution in [1.82, 2.24) is 0 Å². The lowest BCUT2D eigenvalue weighted by molar-refractivity contribution is -0.133. The predicted octanol–water partition coefficient (Wildman–Crippen LogP) is 1.76. The molecule has 0 aromatic heterocycles. The number of para-hydroxylation sites is 1. The van der Waals surface area contributed by atoms with Gasteiger partial charge in [0.1, 0.15) is 0 Å². The summed E-state index contributed by atoms with van der Waals surface area (Å²) in [7, 11) is -3.73. The molecule has 0 radical (unpaired) electrons. The molecular formula is C17H15NO4S. The molecule has 23 heavy (non-hydrogen) atoms. The van der Waals surface area contributed by atoms with Gasteiger partial charge in [-0.1, -0.05) is 48.5 Å². The molecule has 5 nitrogen and oxygen atoms in total. The van der Waals surface area contributed by atoms with Crippen molar-refractivity contribution in [1.29, 1.82) is 0 Å². The molecule has 1 saturated heterocycles. The van der Waals surface area contributed by atoms with Gasteiger partial charge in [-0.05, 0) is 17.7 Å². The summed E-state index contributed by atoms with van der Waals surface area (Å²) >= 11 is 0. The second-order valence-corrected chi connectivity index (χ2v) is 7.65. The Hall–Kier alpha value is -2.47. The van der Waals surface area contributed by atoms with Crippen LogP contribution in [0.1, 0.15) is 11.6 Å². The van der Waals surface area contributed by atoms with Gasteiger partial charge in [0, 0.05) is 11.9 Å². The Labute approximate surface area is 134 Å². The highest BCUT2D eigenvalue weighted by Gasteiger charge is 2.53. The van der Waals surface area contributed by atoms with Crippen LogP contribution in [0.2, 0.25) is 0 Å². The van der Waals surface area contributed by atoms with Gasteiger partial charge in [-0.15, -0.1) is 0 Å². The maximum atomic E-state index is 12.5. The topological polar surface area (TPSA) is 71.5 Å². The van der Waals surface area contributed by atoms with E-state index in [9.17, 15) is 18.0 Å². The quantitative estimate of drug-likeness (QED) is 0.805. The zero-order valence-corrected chi connectivity index (χ0v) is 13.2. The van der Waals surface area contributed by atoms with Crippen LogP contribution in [0.15, 0.2) is 60.7 Å². The second-order valence-electron chi connectivity index (χ2n) is 5.48. The van der Waals surface area contributed by atoms with E-state index < -0.39 is 32.8 Å². The van der Waals surface area contributed by atoms with E-state index in [1.165, 1.54) is 4.90 Å². The third-order valence-electron chi connectivity index (χ3n) is 3.89. The molecule has 2 atom stereocenters. The fraction of sp³-hybridized carbons (Fsp3) is 0.176. The van der Waals surface area contributed by atoms with E-state index in [4.69, 9.17) is 0 Å². The van der Waals surface area contributed by atoms with Gasteiger partial charge in [0.05, 0.1) is 6.04 Å². The molecule has 1 heterocycles. The summed E-state index contributed by atoms with van der Waals surface area (Å²) in [6.45, 7) is 0. The van der Waals surface area contributed by atoms with Gasteiger partial charge in [-0.3, -0.25) is 14.5 Å². The number of hydrogen-bond acceptors (Lipinski definition) is 4. The van der Waals surface area contributed by atoms with Gasteiger partial charge < -0.3 is 0 Å². The van der Waals surface area contributed by atoms with Crippen molar-refractivity contribution < 1.29 is 18.0 Å². The molecule has 2 aromatic rings. The molecule has 1 aliphatic heterocycles. The van der Waals surface area contributed by atoms with E-state index in [1.807, 2.05) is 0 Å². The lowest BCUT2D eigenvalue weighted by Gasteiger charge is -2.26. The first kappa shape index (κ1) is 15.4. The summed E-state index contributed by atoms with van der Waals surface area (Å²) in [6.07, 6.45) is 0.993. The highest BCUT2D eigenvalue weighted by Crippen LogP contribution is 2.38. The maximum Gasteiger partial charge on any atom is 0.296 e. The molecule has 0 saturated carbocycles. The molecule has 3 rings (SSSR count). The lowest BCUT2D eigenvalue weighted by atomic mass is 10.0. The molecule has 0 unspecified atom stereocenters. The van der Waals surface area contributed by atoms with Crippen molar-refractivity contribution in [2.45, 2.75) is 11.3 Å². The summed E-state index contributed by atoms with van der Waals surface area (Å²) in [5, 5.41) is -1.39. The smallest absolute Gasteiger partial charge is 0.296 e. The number of carbonyl (C=O) groups excluding carboxylic acids is 2. The first-order valence-corrected chi connectivity index (χ1v) is 9.03. The van der Waals surface area contributed by atoms with Crippen molar-refractivity contribution in [2.75, 3.05) is 11.2 Å². The maximum absolute atomic E-state index is 12.5. The monoisotopic (exact) mass is 329 g/mol. The van der Waals surface area contributed by atoms with Crippen LogP contribution in [0.3, 0.4) is 0 Å². The van der Waals surface area contributed by atoms with Gasteiger partial charge in [0.2, 0.25) is 5.78 Å². The van der Waals surface area contributed by atoms with Crippen LogP contribution in [0.5, 0.6) is 0 Å². The number of Topliss-reactive ketones (excluding diaryl/α,β-unsaturated/α-hetero) is 1. The van der Waals surface area contributed by atoms with Crippen molar-refractivity contribution in [2.24, 2.45) is 0 Å². The van der Waals surface area contributed by atoms with E-state index in [-0.39, 0.29) is 0 Å². The van der Waals surface area contributed by atoms with Crippen molar-refractivity contribution >= 4 is 27.2 Å². The number of hydrogen-bond donors (Lipinski definition) is 0. The third kappa shape index (κ3) is 2.66. The van der Waals surface area contributed by atoms with E-state index in [0.717, 1.165) is 6.26 Å². The van der Waals surface area contributed by atoms with Crippen LogP contribution >= 0.6 is 0 Å². The Morgan fingerprint density at radius 3 is 1.91 bits per heavy atom. The highest BCUT2D eigenvalue weighted by atomic mass is 32.2. The average Bonchev–Trinajstić information content (AvgIpc) is 2.81. The normalized spacial score (nSPS) is 21.7. The molecule has 1 amide bonds. The number of nitrogens with zero attached hydrogens (tertiary/aromatic N) is 1. The van der Waals surface area contributed by atoms with Crippen LogP contribution in [0.4, 0.5) is 5.69 Å². The van der Waals surface area contributed by atoms with Crippen molar-refractivity contribution in [3.63, 3.8) is 0 Å². The largest absolute Gasteiger partial charge is 0.296 e. The van der Waals surface area contributed by atoms with Gasteiger partial charge in [0.25, 0.3) is 5.91 Å². The molecule has 0 N–H and O–H groups in total. The van der Waals surface area contributed by atoms with Gasteiger partial charge in [-0.25, -0.2) is 8.42 Å². The minimum Gasteiger partial charge on any atom is -0.296 e. The van der Waals surface area contributed by atoms with Crippen LogP contribution in [0.25, 0.3) is 0 Å². The van der Waals surface area contributed by atoms with Crippen LogP contribution in [-0.2, 0) is 19.4 Å². The zero-order chi connectivity index (χ0) is 16.6. The Balaban J connectivity index is 2.21. The minimum atomic E-state index is -3.73. The standard InChI is InChI=1S/C17H15NO4S/c1-23(21,22)16-14(12-8-4-2-5-9-12)18(17(20)15(16)19)13-10-6-3-7-11-13/h2-11,14,16H,1H3/t14-,16+/m1/s1. The number of anilines is 1. The van der Waals surface area contributed by atoms with E-state index >= 15 is 0 Å². The fourth-order valence-corrected chi connectivity index (χ4v) is 4.15. The summed E-state index contributed by atoms with van der Waals surface area (Å²) in [5.74, 6) is -1.68. The number of sulfone groups is 1. The van der Waals surface area contributed by atoms with E-state index in [1.54, 1.807) is 60.7 Å². The van der Waals surface area contributed by atoms with Gasteiger partial charge in [0.15, 0.2) is 15.1 Å². The molecule has 0 aliphatic carbocycles. The third-order valence-corrected chi connectivity index (χ3v) is 5.28. The van der Waals surface area contributed by atoms with Gasteiger partial charge in [-0.2, -0.15) is 0 Å². The SMILES string of the molecule is CS(=O)(=O)[C@@H]1C(=O)C(=O)N(c2ccccc2)[C@@H]1c1ccccc1. The minimum absolute atomic E-state index is 0.505. The molecule has 0 spiro atoms. The lowest BCUT2D eigenvalue weighted by Crippen LogP contribution is -2.33. The summed E-state index contributed by atoms with van der Waals surface area (Å²) < 4.78 is 24.3. The van der Waals surface area contributed by atoms with E-state index in [0.29, 0.717) is 11.3 Å². The molecule has 2 aromatic carbocycles. The van der Waals surface area contributed by atoms with Crippen LogP contribution < -0.4 is 4.90 Å². The average molecular weight is 329 g/mol. The highest BCUT2D eigenvalue weighted by molar-refractivity contribution is 7.92. The Kier molecular flexibility index (Phi) is 3.77. The number of benzene rings is 2. The number of amides is 1. The first-order chi connectivity index (χ1) is 10.9. The zero-order valence-electron chi connectivity index (χ0n) is 12.4. The van der Waals surface area contributed by atoms with Crippen molar-refractivity contribution in [3.05, 3.63) is 66.2 Å². The predicted molar refractivity (Wildman–Crippen MR) is 86.7 cm³/mol. The fourth-order valence-electron chi connectivity index (χ4n) is 2.91. The van der Waals surface area contributed by atoms with E-state index in [2.05, 4.69) is 0 Å².